The van der Waals surface area contributed by atoms with Gasteiger partial charge < -0.3 is 5.73 Å². The molecule has 124 valence electrons. The average molecular weight is 329 g/mol. The molecule has 2 aromatic carbocycles. The summed E-state index contributed by atoms with van der Waals surface area (Å²) < 4.78 is 28.5. The second kappa shape index (κ2) is 6.13. The normalized spacial score (nSPS) is 12.5. The molecule has 0 aliphatic carbocycles. The van der Waals surface area contributed by atoms with Gasteiger partial charge in [-0.15, -0.1) is 0 Å². The molecule has 1 aromatic heterocycles. The Labute approximate surface area is 137 Å². The zero-order valence-electron chi connectivity index (χ0n) is 13.4. The lowest BCUT2D eigenvalue weighted by Crippen LogP contribution is -2.28. The monoisotopic (exact) mass is 329 g/mol. The highest BCUT2D eigenvalue weighted by atomic mass is 19.1. The van der Waals surface area contributed by atoms with Crippen LogP contribution in [0.4, 0.5) is 8.78 Å². The van der Waals surface area contributed by atoms with Crippen molar-refractivity contribution in [1.82, 2.24) is 9.55 Å². The van der Waals surface area contributed by atoms with Crippen molar-refractivity contribution in [2.24, 2.45) is 5.73 Å². The molecule has 24 heavy (non-hydrogen) atoms. The molecule has 0 spiro atoms. The quantitative estimate of drug-likeness (QED) is 0.801. The number of nitrogens with zero attached hydrogens (tertiary/aromatic N) is 2. The second-order valence-corrected chi connectivity index (χ2v) is 5.72. The molecule has 2 N–H and O–H groups in total. The lowest BCUT2D eigenvalue weighted by molar-refractivity contribution is 0.576. The Kier molecular flexibility index (Phi) is 4.15. The van der Waals surface area contributed by atoms with Crippen molar-refractivity contribution in [2.75, 3.05) is 0 Å². The summed E-state index contributed by atoms with van der Waals surface area (Å²) in [5.74, 6) is -1.25. The highest BCUT2D eigenvalue weighted by molar-refractivity contribution is 5.81. The van der Waals surface area contributed by atoms with Crippen molar-refractivity contribution in [3.63, 3.8) is 0 Å². The van der Waals surface area contributed by atoms with Gasteiger partial charge in [0.2, 0.25) is 0 Å². The van der Waals surface area contributed by atoms with Crippen LogP contribution in [0.15, 0.2) is 41.2 Å². The van der Waals surface area contributed by atoms with Crippen LogP contribution in [0.1, 0.15) is 30.8 Å². The van der Waals surface area contributed by atoms with Crippen LogP contribution in [-0.4, -0.2) is 9.55 Å². The lowest BCUT2D eigenvalue weighted by Gasteiger charge is -2.18. The van der Waals surface area contributed by atoms with Crippen molar-refractivity contribution < 1.29 is 8.78 Å². The molecule has 0 amide bonds. The molecule has 3 rings (SSSR count). The van der Waals surface area contributed by atoms with E-state index >= 15 is 0 Å². The van der Waals surface area contributed by atoms with Crippen LogP contribution in [0.25, 0.3) is 16.6 Å². The summed E-state index contributed by atoms with van der Waals surface area (Å²) in [6.45, 7) is 3.71. The predicted molar refractivity (Wildman–Crippen MR) is 89.2 cm³/mol. The molecule has 0 unspecified atom stereocenters. The summed E-state index contributed by atoms with van der Waals surface area (Å²) in [7, 11) is 0. The topological polar surface area (TPSA) is 60.9 Å². The maximum Gasteiger partial charge on any atom is 0.266 e. The van der Waals surface area contributed by atoms with Crippen molar-refractivity contribution in [1.29, 1.82) is 0 Å². The summed E-state index contributed by atoms with van der Waals surface area (Å²) in [5, 5.41) is 0.381. The van der Waals surface area contributed by atoms with Crippen molar-refractivity contribution >= 4 is 10.9 Å². The van der Waals surface area contributed by atoms with Gasteiger partial charge in [0.15, 0.2) is 0 Å². The molecule has 1 heterocycles. The fourth-order valence-corrected chi connectivity index (χ4v) is 2.72. The van der Waals surface area contributed by atoms with Crippen molar-refractivity contribution in [3.8, 4) is 5.69 Å². The third-order valence-electron chi connectivity index (χ3n) is 4.00. The number of fused-ring (bicyclic) bond motifs is 1. The number of nitrogens with two attached hydrogens (primary N) is 1. The summed E-state index contributed by atoms with van der Waals surface area (Å²) >= 11 is 0. The van der Waals surface area contributed by atoms with Crippen LogP contribution < -0.4 is 11.3 Å². The Bertz CT molecular complexity index is 962. The number of para-hydroxylation sites is 1. The zero-order chi connectivity index (χ0) is 17.4. The molecule has 0 saturated carbocycles. The molecule has 0 saturated heterocycles. The third-order valence-corrected chi connectivity index (χ3v) is 4.00. The standard InChI is InChI=1S/C18H17F2N3O/c1-3-15(21)17-22-16-10(2)5-4-6-14(16)18(24)23(17)13-8-11(19)7-12(20)9-13/h4-9,15H,3,21H2,1-2H3/t15-/m0/s1. The highest BCUT2D eigenvalue weighted by Gasteiger charge is 2.19. The number of aromatic nitrogens is 2. The van der Waals surface area contributed by atoms with Crippen LogP contribution in [0.2, 0.25) is 0 Å². The van der Waals surface area contributed by atoms with E-state index in [-0.39, 0.29) is 11.5 Å². The Hall–Kier alpha value is -2.60. The smallest absolute Gasteiger partial charge is 0.266 e. The minimum absolute atomic E-state index is 0.0762. The third kappa shape index (κ3) is 2.69. The fraction of sp³-hybridized carbons (Fsp3) is 0.222. The minimum Gasteiger partial charge on any atom is -0.321 e. The van der Waals surface area contributed by atoms with Crippen LogP contribution in [0.3, 0.4) is 0 Å². The number of hydrogen-bond donors (Lipinski definition) is 1. The maximum absolute atomic E-state index is 13.6. The Morgan fingerprint density at radius 3 is 2.50 bits per heavy atom. The van der Waals surface area contributed by atoms with Gasteiger partial charge in [0.25, 0.3) is 5.56 Å². The zero-order valence-corrected chi connectivity index (χ0v) is 13.4. The predicted octanol–water partition coefficient (Wildman–Crippen LogP) is 3.38. The number of rotatable bonds is 3. The molecule has 0 aliphatic rings. The first-order chi connectivity index (χ1) is 11.4. The van der Waals surface area contributed by atoms with E-state index in [1.165, 1.54) is 4.57 Å². The van der Waals surface area contributed by atoms with E-state index in [2.05, 4.69) is 4.98 Å². The first-order valence-electron chi connectivity index (χ1n) is 7.66. The summed E-state index contributed by atoms with van der Waals surface area (Å²) in [6, 6.07) is 7.66. The minimum atomic E-state index is -0.766. The van der Waals surface area contributed by atoms with Crippen molar-refractivity contribution in [3.05, 3.63) is 69.8 Å². The van der Waals surface area contributed by atoms with Crippen LogP contribution >= 0.6 is 0 Å². The summed E-state index contributed by atoms with van der Waals surface area (Å²) in [5.41, 5.74) is 7.18. The molecule has 0 bridgehead atoms. The highest BCUT2D eigenvalue weighted by Crippen LogP contribution is 2.21. The van der Waals surface area contributed by atoms with E-state index in [9.17, 15) is 13.6 Å². The van der Waals surface area contributed by atoms with Gasteiger partial charge in [-0.2, -0.15) is 0 Å². The van der Waals surface area contributed by atoms with Crippen LogP contribution in [0.5, 0.6) is 0 Å². The molecular formula is C18H17F2N3O. The molecular weight excluding hydrogens is 312 g/mol. The second-order valence-electron chi connectivity index (χ2n) is 5.72. The van der Waals surface area contributed by atoms with Gasteiger partial charge in [-0.1, -0.05) is 19.1 Å². The van der Waals surface area contributed by atoms with E-state index in [0.29, 0.717) is 17.3 Å². The summed E-state index contributed by atoms with van der Waals surface area (Å²) in [6.07, 6.45) is 0.529. The van der Waals surface area contributed by atoms with Gasteiger partial charge >= 0.3 is 0 Å². The van der Waals surface area contributed by atoms with Crippen LogP contribution in [-0.2, 0) is 0 Å². The number of benzene rings is 2. The molecule has 0 aliphatic heterocycles. The Morgan fingerprint density at radius 1 is 1.21 bits per heavy atom. The largest absolute Gasteiger partial charge is 0.321 e. The van der Waals surface area contributed by atoms with Crippen molar-refractivity contribution in [2.45, 2.75) is 26.3 Å². The van der Waals surface area contributed by atoms with E-state index in [1.54, 1.807) is 12.1 Å². The van der Waals surface area contributed by atoms with E-state index in [4.69, 9.17) is 5.73 Å². The first-order valence-corrected chi connectivity index (χ1v) is 7.66. The maximum atomic E-state index is 13.6. The van der Waals surface area contributed by atoms with Gasteiger partial charge in [-0.05, 0) is 37.1 Å². The average Bonchev–Trinajstić information content (AvgIpc) is 2.53. The van der Waals surface area contributed by atoms with Gasteiger partial charge in [0.1, 0.15) is 17.5 Å². The molecule has 0 fully saturated rings. The lowest BCUT2D eigenvalue weighted by atomic mass is 10.1. The van der Waals surface area contributed by atoms with Gasteiger partial charge in [0.05, 0.1) is 22.6 Å². The number of aryl methyl sites for hydroxylation is 1. The first kappa shape index (κ1) is 16.3. The fourth-order valence-electron chi connectivity index (χ4n) is 2.72. The summed E-state index contributed by atoms with van der Waals surface area (Å²) in [4.78, 5) is 17.5. The molecule has 4 nitrogen and oxygen atoms in total. The number of hydrogen-bond acceptors (Lipinski definition) is 3. The number of halogens is 2. The Morgan fingerprint density at radius 2 is 1.88 bits per heavy atom. The molecule has 1 atom stereocenters. The van der Waals surface area contributed by atoms with Gasteiger partial charge in [-0.25, -0.2) is 13.8 Å². The molecule has 3 aromatic rings. The van der Waals surface area contributed by atoms with Gasteiger partial charge in [0, 0.05) is 6.07 Å². The molecule has 6 heteroatoms. The SMILES string of the molecule is CC[C@H](N)c1nc2c(C)cccc2c(=O)n1-c1cc(F)cc(F)c1. The van der Waals surface area contributed by atoms with E-state index < -0.39 is 23.2 Å². The molecule has 0 radical (unpaired) electrons. The Balaban J connectivity index is 2.45. The van der Waals surface area contributed by atoms with Gasteiger partial charge in [-0.3, -0.25) is 9.36 Å². The van der Waals surface area contributed by atoms with E-state index in [1.807, 2.05) is 19.9 Å². The van der Waals surface area contributed by atoms with E-state index in [0.717, 1.165) is 23.8 Å². The van der Waals surface area contributed by atoms with Crippen LogP contribution in [0, 0.1) is 18.6 Å².